The van der Waals surface area contributed by atoms with E-state index in [-0.39, 0.29) is 0 Å². The third-order valence-electron chi connectivity index (χ3n) is 2.13. The van der Waals surface area contributed by atoms with Gasteiger partial charge >= 0.3 is 0 Å². The first-order valence-electron chi connectivity index (χ1n) is 4.42. The molecule has 2 amide bonds. The van der Waals surface area contributed by atoms with Crippen LogP contribution in [0.25, 0.3) is 0 Å². The first kappa shape index (κ1) is 9.58. The van der Waals surface area contributed by atoms with Crippen molar-refractivity contribution in [1.29, 1.82) is 0 Å². The van der Waals surface area contributed by atoms with Crippen LogP contribution in [0.3, 0.4) is 0 Å². The van der Waals surface area contributed by atoms with Gasteiger partial charge in [0.15, 0.2) is 0 Å². The molecule has 0 N–H and O–H groups in total. The Kier molecular flexibility index (Phi) is 2.11. The average Bonchev–Trinajstić information content (AvgIpc) is 2.44. The molecular weight excluding hydrogens is 197 g/mol. The van der Waals surface area contributed by atoms with E-state index in [0.29, 0.717) is 11.1 Å². The Morgan fingerprint density at radius 2 is 1.67 bits per heavy atom. The molecule has 2 rings (SSSR count). The molecule has 0 fully saturated rings. The molecule has 76 valence electrons. The summed E-state index contributed by atoms with van der Waals surface area (Å²) in [5.41, 5.74) is 0.639. The van der Waals surface area contributed by atoms with Crippen molar-refractivity contribution in [2.75, 3.05) is 0 Å². The lowest BCUT2D eigenvalue weighted by Crippen LogP contribution is -2.23. The summed E-state index contributed by atoms with van der Waals surface area (Å²) < 4.78 is 12.6. The molecule has 4 heteroatoms. The second kappa shape index (κ2) is 3.31. The molecule has 0 atom stereocenters. The third-order valence-corrected chi connectivity index (χ3v) is 2.13. The van der Waals surface area contributed by atoms with Gasteiger partial charge in [0.1, 0.15) is 5.83 Å². The number of allylic oxidation sites excluding steroid dienone is 1. The molecule has 3 nitrogen and oxygen atoms in total. The average molecular weight is 205 g/mol. The summed E-state index contributed by atoms with van der Waals surface area (Å²) in [6.07, 6.45) is 0.907. The van der Waals surface area contributed by atoms with Crippen molar-refractivity contribution in [3.63, 3.8) is 0 Å². The van der Waals surface area contributed by atoms with Gasteiger partial charge in [0, 0.05) is 6.20 Å². The lowest BCUT2D eigenvalue weighted by Gasteiger charge is -2.06. The van der Waals surface area contributed by atoms with E-state index in [0.717, 1.165) is 11.1 Å². The Balaban J connectivity index is 2.50. The molecule has 1 aliphatic heterocycles. The van der Waals surface area contributed by atoms with Crippen LogP contribution in [-0.2, 0) is 0 Å². The summed E-state index contributed by atoms with van der Waals surface area (Å²) in [6, 6.07) is 6.44. The van der Waals surface area contributed by atoms with Gasteiger partial charge in [0.05, 0.1) is 11.1 Å². The monoisotopic (exact) mass is 205 g/mol. The second-order valence-electron chi connectivity index (χ2n) is 3.24. The van der Waals surface area contributed by atoms with E-state index in [1.54, 1.807) is 24.3 Å². The topological polar surface area (TPSA) is 37.4 Å². The lowest BCUT2D eigenvalue weighted by atomic mass is 10.1. The largest absolute Gasteiger partial charge is 0.268 e. The van der Waals surface area contributed by atoms with Gasteiger partial charge < -0.3 is 0 Å². The van der Waals surface area contributed by atoms with Crippen LogP contribution < -0.4 is 0 Å². The molecule has 1 aromatic rings. The van der Waals surface area contributed by atoms with E-state index >= 15 is 0 Å². The standard InChI is InChI=1S/C11H8FNO2/c1-7(12)6-13-10(14)8-4-2-3-5-9(8)11(13)15/h2-6H,1H3/b7-6+. The number of fused-ring (bicyclic) bond motifs is 1. The fraction of sp³-hybridized carbons (Fsp3) is 0.0909. The summed E-state index contributed by atoms with van der Waals surface area (Å²) >= 11 is 0. The molecule has 0 bridgehead atoms. The fourth-order valence-corrected chi connectivity index (χ4v) is 1.50. The van der Waals surface area contributed by atoms with Gasteiger partial charge in [-0.05, 0) is 19.1 Å². The number of hydrogen-bond donors (Lipinski definition) is 0. The SMILES string of the molecule is C/C(F)=C\N1C(=O)c2ccccc2C1=O. The lowest BCUT2D eigenvalue weighted by molar-refractivity contribution is 0.0718. The van der Waals surface area contributed by atoms with E-state index in [9.17, 15) is 14.0 Å². The number of amides is 2. The summed E-state index contributed by atoms with van der Waals surface area (Å²) in [5, 5.41) is 0. The Morgan fingerprint density at radius 3 is 2.07 bits per heavy atom. The highest BCUT2D eigenvalue weighted by atomic mass is 19.1. The summed E-state index contributed by atoms with van der Waals surface area (Å²) in [5.74, 6) is -1.54. The molecule has 0 saturated carbocycles. The van der Waals surface area contributed by atoms with Crippen LogP contribution in [0, 0.1) is 0 Å². The van der Waals surface area contributed by atoms with Crippen LogP contribution in [0.5, 0.6) is 0 Å². The van der Waals surface area contributed by atoms with Crippen LogP contribution in [0.4, 0.5) is 4.39 Å². The van der Waals surface area contributed by atoms with Crippen molar-refractivity contribution < 1.29 is 14.0 Å². The predicted octanol–water partition coefficient (Wildman–Crippen LogP) is 2.11. The number of nitrogens with zero attached hydrogens (tertiary/aromatic N) is 1. The molecule has 0 saturated heterocycles. The first-order chi connectivity index (χ1) is 7.11. The number of hydrogen-bond acceptors (Lipinski definition) is 2. The van der Waals surface area contributed by atoms with Gasteiger partial charge in [-0.25, -0.2) is 9.29 Å². The van der Waals surface area contributed by atoms with Crippen molar-refractivity contribution in [3.8, 4) is 0 Å². The van der Waals surface area contributed by atoms with Crippen molar-refractivity contribution in [1.82, 2.24) is 4.90 Å². The minimum absolute atomic E-state index is 0.319. The number of rotatable bonds is 1. The fourth-order valence-electron chi connectivity index (χ4n) is 1.50. The second-order valence-corrected chi connectivity index (χ2v) is 3.24. The van der Waals surface area contributed by atoms with Crippen LogP contribution in [0.15, 0.2) is 36.3 Å². The zero-order valence-corrected chi connectivity index (χ0v) is 8.03. The van der Waals surface area contributed by atoms with Gasteiger partial charge in [0.25, 0.3) is 11.8 Å². The highest BCUT2D eigenvalue weighted by molar-refractivity contribution is 6.22. The molecule has 0 radical (unpaired) electrons. The molecule has 0 aliphatic carbocycles. The molecule has 15 heavy (non-hydrogen) atoms. The molecule has 0 unspecified atom stereocenters. The van der Waals surface area contributed by atoms with Crippen molar-refractivity contribution in [3.05, 3.63) is 47.4 Å². The summed E-state index contributed by atoms with van der Waals surface area (Å²) in [7, 11) is 0. The molecule has 1 aromatic carbocycles. The minimum atomic E-state index is -0.579. The Labute approximate surface area is 85.8 Å². The van der Waals surface area contributed by atoms with E-state index in [2.05, 4.69) is 0 Å². The Morgan fingerprint density at radius 1 is 1.20 bits per heavy atom. The van der Waals surface area contributed by atoms with Crippen molar-refractivity contribution in [2.45, 2.75) is 6.92 Å². The first-order valence-corrected chi connectivity index (χ1v) is 4.42. The zero-order chi connectivity index (χ0) is 11.0. The highest BCUT2D eigenvalue weighted by Crippen LogP contribution is 2.23. The minimum Gasteiger partial charge on any atom is -0.268 e. The normalized spacial score (nSPS) is 15.9. The predicted molar refractivity (Wildman–Crippen MR) is 51.8 cm³/mol. The Bertz CT molecular complexity index is 440. The Hall–Kier alpha value is -1.97. The maximum atomic E-state index is 12.6. The van der Waals surface area contributed by atoms with Crippen molar-refractivity contribution in [2.24, 2.45) is 0 Å². The maximum absolute atomic E-state index is 12.6. The molecule has 0 aromatic heterocycles. The van der Waals surface area contributed by atoms with Gasteiger partial charge in [-0.2, -0.15) is 0 Å². The molecular formula is C11H8FNO2. The van der Waals surface area contributed by atoms with Crippen LogP contribution in [0.1, 0.15) is 27.6 Å². The molecule has 1 aliphatic rings. The quantitative estimate of drug-likeness (QED) is 0.658. The number of carbonyl (C=O) groups is 2. The molecule has 1 heterocycles. The summed E-state index contributed by atoms with van der Waals surface area (Å²) in [4.78, 5) is 24.1. The van der Waals surface area contributed by atoms with E-state index in [1.807, 2.05) is 0 Å². The number of benzene rings is 1. The van der Waals surface area contributed by atoms with Crippen LogP contribution >= 0.6 is 0 Å². The number of halogens is 1. The van der Waals surface area contributed by atoms with E-state index in [1.165, 1.54) is 6.92 Å². The third kappa shape index (κ3) is 1.44. The van der Waals surface area contributed by atoms with E-state index in [4.69, 9.17) is 0 Å². The van der Waals surface area contributed by atoms with E-state index < -0.39 is 17.6 Å². The number of imide groups is 1. The smallest absolute Gasteiger partial charge is 0.265 e. The zero-order valence-electron chi connectivity index (χ0n) is 8.03. The number of carbonyl (C=O) groups excluding carboxylic acids is 2. The van der Waals surface area contributed by atoms with Gasteiger partial charge in [-0.3, -0.25) is 9.59 Å². The van der Waals surface area contributed by atoms with Gasteiger partial charge in [0.2, 0.25) is 0 Å². The summed E-state index contributed by atoms with van der Waals surface area (Å²) in [6.45, 7) is 1.18. The van der Waals surface area contributed by atoms with Crippen molar-refractivity contribution >= 4 is 11.8 Å². The highest BCUT2D eigenvalue weighted by Gasteiger charge is 2.33. The molecule has 0 spiro atoms. The van der Waals surface area contributed by atoms with Gasteiger partial charge in [-0.1, -0.05) is 12.1 Å². The maximum Gasteiger partial charge on any atom is 0.265 e. The van der Waals surface area contributed by atoms with Gasteiger partial charge in [-0.15, -0.1) is 0 Å². The van der Waals surface area contributed by atoms with Crippen LogP contribution in [0.2, 0.25) is 0 Å². The van der Waals surface area contributed by atoms with Crippen LogP contribution in [-0.4, -0.2) is 16.7 Å².